The van der Waals surface area contributed by atoms with Crippen LogP contribution in [-0.2, 0) is 0 Å². The second-order valence-electron chi connectivity index (χ2n) is 4.87. The lowest BCUT2D eigenvalue weighted by Crippen LogP contribution is -2.25. The molecule has 6 heteroatoms. The lowest BCUT2D eigenvalue weighted by Gasteiger charge is -2.20. The Morgan fingerprint density at radius 2 is 2.24 bits per heavy atom. The Morgan fingerprint density at radius 1 is 1.41 bits per heavy atom. The third-order valence-corrected chi connectivity index (χ3v) is 4.42. The molecule has 1 saturated heterocycles. The average molecular weight is 299 g/mol. The number of nitrogens with zero attached hydrogens (tertiary/aromatic N) is 3. The number of halogens is 1. The number of fused-ring (bicyclic) bond motifs is 1. The van der Waals surface area contributed by atoms with Crippen molar-refractivity contribution in [3.8, 4) is 0 Å². The molecular weight excluding hydrogens is 284 g/mol. The third kappa shape index (κ3) is 1.89. The number of rotatable bonds is 1. The van der Waals surface area contributed by atoms with Crippen molar-refractivity contribution < 1.29 is 5.11 Å². The fourth-order valence-electron chi connectivity index (χ4n) is 3.00. The number of nitrogen functional groups attached to an aromatic ring is 1. The van der Waals surface area contributed by atoms with Crippen molar-refractivity contribution in [1.29, 1.82) is 0 Å². The van der Waals surface area contributed by atoms with Gasteiger partial charge >= 0.3 is 0 Å². The van der Waals surface area contributed by atoms with Crippen LogP contribution in [0.15, 0.2) is 10.7 Å². The highest BCUT2D eigenvalue weighted by Gasteiger charge is 2.42. The zero-order valence-corrected chi connectivity index (χ0v) is 11.0. The Hall–Kier alpha value is -0.880. The first kappa shape index (κ1) is 11.2. The van der Waals surface area contributed by atoms with Crippen LogP contribution in [0.1, 0.15) is 12.8 Å². The molecule has 92 valence electrons. The Kier molecular flexibility index (Phi) is 2.71. The first-order valence-corrected chi connectivity index (χ1v) is 6.65. The molecule has 0 amide bonds. The molecule has 2 aliphatic rings. The molecular formula is C11H15BrN4O. The van der Waals surface area contributed by atoms with Crippen LogP contribution in [0.2, 0.25) is 0 Å². The molecule has 0 radical (unpaired) electrons. The molecule has 1 aliphatic carbocycles. The third-order valence-electron chi connectivity index (χ3n) is 3.86. The van der Waals surface area contributed by atoms with E-state index in [1.165, 1.54) is 0 Å². The topological polar surface area (TPSA) is 75.3 Å². The van der Waals surface area contributed by atoms with Gasteiger partial charge in [-0.05, 0) is 34.7 Å². The van der Waals surface area contributed by atoms with Gasteiger partial charge in [-0.3, -0.25) is 0 Å². The maximum atomic E-state index is 9.89. The van der Waals surface area contributed by atoms with Gasteiger partial charge in [0.1, 0.15) is 5.82 Å². The van der Waals surface area contributed by atoms with Crippen LogP contribution in [0.3, 0.4) is 0 Å². The van der Waals surface area contributed by atoms with Crippen molar-refractivity contribution in [3.63, 3.8) is 0 Å². The Morgan fingerprint density at radius 3 is 3.00 bits per heavy atom. The lowest BCUT2D eigenvalue weighted by molar-refractivity contribution is 0.133. The number of aliphatic hydroxyl groups is 1. The highest BCUT2D eigenvalue weighted by Crippen LogP contribution is 2.40. The van der Waals surface area contributed by atoms with Gasteiger partial charge in [-0.1, -0.05) is 0 Å². The predicted molar refractivity (Wildman–Crippen MR) is 68.6 cm³/mol. The Balaban J connectivity index is 1.85. The van der Waals surface area contributed by atoms with Crippen molar-refractivity contribution in [3.05, 3.63) is 10.7 Å². The van der Waals surface area contributed by atoms with Crippen LogP contribution < -0.4 is 10.6 Å². The molecule has 1 aliphatic heterocycles. The fraction of sp³-hybridized carbons (Fsp3) is 0.636. The van der Waals surface area contributed by atoms with Gasteiger partial charge in [0.2, 0.25) is 5.95 Å². The van der Waals surface area contributed by atoms with E-state index in [1.807, 2.05) is 0 Å². The van der Waals surface area contributed by atoms with Gasteiger partial charge in [0.25, 0.3) is 0 Å². The van der Waals surface area contributed by atoms with Crippen LogP contribution >= 0.6 is 15.9 Å². The molecule has 0 bridgehead atoms. The van der Waals surface area contributed by atoms with Gasteiger partial charge in [0, 0.05) is 25.2 Å². The van der Waals surface area contributed by atoms with Gasteiger partial charge in [0.05, 0.1) is 10.6 Å². The van der Waals surface area contributed by atoms with Gasteiger partial charge in [-0.15, -0.1) is 0 Å². The highest BCUT2D eigenvalue weighted by molar-refractivity contribution is 9.10. The van der Waals surface area contributed by atoms with E-state index < -0.39 is 0 Å². The fourth-order valence-corrected chi connectivity index (χ4v) is 3.44. The first-order valence-electron chi connectivity index (χ1n) is 5.86. The molecule has 5 nitrogen and oxygen atoms in total. The molecule has 0 spiro atoms. The van der Waals surface area contributed by atoms with E-state index in [0.717, 1.165) is 36.2 Å². The van der Waals surface area contributed by atoms with E-state index in [1.54, 1.807) is 6.20 Å². The zero-order valence-electron chi connectivity index (χ0n) is 9.38. The smallest absolute Gasteiger partial charge is 0.222 e. The predicted octanol–water partition coefficient (Wildman–Crippen LogP) is 1.03. The van der Waals surface area contributed by atoms with E-state index in [0.29, 0.717) is 17.8 Å². The number of hydrogen-bond acceptors (Lipinski definition) is 5. The van der Waals surface area contributed by atoms with Gasteiger partial charge < -0.3 is 15.7 Å². The number of aromatic nitrogens is 2. The summed E-state index contributed by atoms with van der Waals surface area (Å²) >= 11 is 3.45. The summed E-state index contributed by atoms with van der Waals surface area (Å²) in [5, 5.41) is 9.89. The maximum Gasteiger partial charge on any atom is 0.222 e. The molecule has 3 atom stereocenters. The Labute approximate surface area is 108 Å². The number of nitrogens with two attached hydrogens (primary N) is 1. The molecule has 1 aromatic rings. The second kappa shape index (κ2) is 4.10. The number of aliphatic hydroxyl groups excluding tert-OH is 1. The van der Waals surface area contributed by atoms with Gasteiger partial charge in [0.15, 0.2) is 0 Å². The molecule has 17 heavy (non-hydrogen) atoms. The molecule has 2 heterocycles. The molecule has 1 aromatic heterocycles. The van der Waals surface area contributed by atoms with Crippen molar-refractivity contribution in [2.24, 2.45) is 11.8 Å². The van der Waals surface area contributed by atoms with E-state index >= 15 is 0 Å². The summed E-state index contributed by atoms with van der Waals surface area (Å²) in [5.41, 5.74) is 5.62. The van der Waals surface area contributed by atoms with Crippen molar-refractivity contribution in [2.75, 3.05) is 23.7 Å². The minimum atomic E-state index is -0.150. The molecule has 1 saturated carbocycles. The summed E-state index contributed by atoms with van der Waals surface area (Å²) in [6.45, 7) is 1.82. The van der Waals surface area contributed by atoms with E-state index in [2.05, 4.69) is 30.8 Å². The standard InChI is InChI=1S/C11H15BrN4O/c12-8-3-14-11(13)15-10(8)16-4-6-1-2-9(17)7(6)5-16/h3,6-7,9,17H,1-2,4-5H2,(H2,13,14,15). The molecule has 3 N–H and O–H groups in total. The summed E-state index contributed by atoms with van der Waals surface area (Å²) in [6, 6.07) is 0. The number of anilines is 2. The lowest BCUT2D eigenvalue weighted by atomic mass is 10.00. The van der Waals surface area contributed by atoms with Crippen LogP contribution in [-0.4, -0.2) is 34.3 Å². The van der Waals surface area contributed by atoms with E-state index in [-0.39, 0.29) is 6.10 Å². The summed E-state index contributed by atoms with van der Waals surface area (Å²) in [6.07, 6.45) is 3.59. The van der Waals surface area contributed by atoms with Crippen LogP contribution in [0.25, 0.3) is 0 Å². The van der Waals surface area contributed by atoms with Gasteiger partial charge in [-0.25, -0.2) is 4.98 Å². The monoisotopic (exact) mass is 298 g/mol. The quantitative estimate of drug-likeness (QED) is 0.810. The largest absolute Gasteiger partial charge is 0.393 e. The van der Waals surface area contributed by atoms with E-state index in [9.17, 15) is 5.11 Å². The van der Waals surface area contributed by atoms with Crippen molar-refractivity contribution in [2.45, 2.75) is 18.9 Å². The van der Waals surface area contributed by atoms with Gasteiger partial charge in [-0.2, -0.15) is 4.98 Å². The van der Waals surface area contributed by atoms with Crippen LogP contribution in [0.5, 0.6) is 0 Å². The molecule has 3 rings (SSSR count). The zero-order chi connectivity index (χ0) is 12.0. The second-order valence-corrected chi connectivity index (χ2v) is 5.73. The average Bonchev–Trinajstić information content (AvgIpc) is 2.85. The first-order chi connectivity index (χ1) is 8.15. The summed E-state index contributed by atoms with van der Waals surface area (Å²) in [7, 11) is 0. The SMILES string of the molecule is Nc1ncc(Br)c(N2CC3CCC(O)C3C2)n1. The molecule has 0 aromatic carbocycles. The summed E-state index contributed by atoms with van der Waals surface area (Å²) in [4.78, 5) is 10.4. The summed E-state index contributed by atoms with van der Waals surface area (Å²) in [5.74, 6) is 2.12. The normalized spacial score (nSPS) is 31.9. The molecule has 2 fully saturated rings. The number of hydrogen-bond donors (Lipinski definition) is 2. The maximum absolute atomic E-state index is 9.89. The van der Waals surface area contributed by atoms with Crippen LogP contribution in [0, 0.1) is 11.8 Å². The molecule has 3 unspecified atom stereocenters. The van der Waals surface area contributed by atoms with E-state index in [4.69, 9.17) is 5.73 Å². The van der Waals surface area contributed by atoms with Crippen LogP contribution in [0.4, 0.5) is 11.8 Å². The minimum Gasteiger partial charge on any atom is -0.393 e. The Bertz CT molecular complexity index is 441. The van der Waals surface area contributed by atoms with Crippen molar-refractivity contribution in [1.82, 2.24) is 9.97 Å². The highest BCUT2D eigenvalue weighted by atomic mass is 79.9. The minimum absolute atomic E-state index is 0.150. The summed E-state index contributed by atoms with van der Waals surface area (Å²) < 4.78 is 0.862. The van der Waals surface area contributed by atoms with Crippen molar-refractivity contribution >= 4 is 27.7 Å².